The molecule has 0 saturated heterocycles. The second-order valence-electron chi connectivity index (χ2n) is 6.07. The van der Waals surface area contributed by atoms with E-state index in [0.29, 0.717) is 5.11 Å². The lowest BCUT2D eigenvalue weighted by atomic mass is 9.97. The number of hydrogen-bond donors (Lipinski definition) is 2. The van der Waals surface area contributed by atoms with Crippen molar-refractivity contribution in [3.8, 4) is 11.3 Å². The maximum absolute atomic E-state index is 5.41. The Kier molecular flexibility index (Phi) is 5.99. The van der Waals surface area contributed by atoms with Crippen LogP contribution in [0.25, 0.3) is 11.3 Å². The Morgan fingerprint density at radius 2 is 2.25 bits per heavy atom. The monoisotopic (exact) mass is 357 g/mol. The van der Waals surface area contributed by atoms with Crippen molar-refractivity contribution in [1.29, 1.82) is 0 Å². The molecule has 0 atom stereocenters. The van der Waals surface area contributed by atoms with Crippen molar-refractivity contribution in [3.63, 3.8) is 0 Å². The number of thiazole rings is 1. The second kappa shape index (κ2) is 8.40. The van der Waals surface area contributed by atoms with Crippen LogP contribution in [0.2, 0.25) is 0 Å². The molecule has 3 nitrogen and oxygen atoms in total. The summed E-state index contributed by atoms with van der Waals surface area (Å²) in [4.78, 5) is 4.54. The lowest BCUT2D eigenvalue weighted by molar-refractivity contribution is 0.669. The maximum Gasteiger partial charge on any atom is 0.170 e. The van der Waals surface area contributed by atoms with Crippen LogP contribution in [0, 0.1) is 6.92 Å². The van der Waals surface area contributed by atoms with Crippen LogP contribution in [0.15, 0.2) is 41.3 Å². The van der Waals surface area contributed by atoms with Gasteiger partial charge in [-0.2, -0.15) is 0 Å². The molecule has 24 heavy (non-hydrogen) atoms. The zero-order valence-electron chi connectivity index (χ0n) is 14.0. The number of nitrogens with one attached hydrogen (secondary N) is 2. The highest BCUT2D eigenvalue weighted by Gasteiger charge is 2.06. The van der Waals surface area contributed by atoms with E-state index in [-0.39, 0.29) is 0 Å². The normalized spacial score (nSPS) is 14.1. The third-order valence-electron chi connectivity index (χ3n) is 4.15. The molecular weight excluding hydrogens is 334 g/mol. The van der Waals surface area contributed by atoms with Gasteiger partial charge in [0.1, 0.15) is 0 Å². The lowest BCUT2D eigenvalue weighted by Crippen LogP contribution is -2.29. The standard InChI is InChI=1S/C19H23N3S2/c1-14-21-18(13-24-14)16-8-5-9-17(12-16)22-19(23)20-11-10-15-6-3-2-4-7-15/h5-6,8-9,12-13H,2-4,7,10-11H2,1H3,(H2,20,22,23). The largest absolute Gasteiger partial charge is 0.362 e. The van der Waals surface area contributed by atoms with E-state index in [1.54, 1.807) is 16.9 Å². The Balaban J connectivity index is 1.51. The van der Waals surface area contributed by atoms with E-state index in [4.69, 9.17) is 12.2 Å². The molecule has 0 unspecified atom stereocenters. The molecule has 5 heteroatoms. The molecular formula is C19H23N3S2. The van der Waals surface area contributed by atoms with Gasteiger partial charge in [-0.25, -0.2) is 4.98 Å². The molecule has 0 aliphatic heterocycles. The molecule has 0 amide bonds. The zero-order chi connectivity index (χ0) is 16.8. The van der Waals surface area contributed by atoms with Gasteiger partial charge in [0.05, 0.1) is 10.7 Å². The van der Waals surface area contributed by atoms with Crippen molar-refractivity contribution in [2.45, 2.75) is 39.0 Å². The fraction of sp³-hybridized carbons (Fsp3) is 0.368. The maximum atomic E-state index is 5.41. The first-order valence-electron chi connectivity index (χ1n) is 8.46. The molecule has 126 valence electrons. The Morgan fingerprint density at radius 1 is 1.33 bits per heavy atom. The summed E-state index contributed by atoms with van der Waals surface area (Å²) in [5.74, 6) is 0. The lowest BCUT2D eigenvalue weighted by Gasteiger charge is -2.14. The second-order valence-corrected chi connectivity index (χ2v) is 7.54. The molecule has 1 aliphatic carbocycles. The van der Waals surface area contributed by atoms with E-state index in [0.717, 1.165) is 34.9 Å². The predicted molar refractivity (Wildman–Crippen MR) is 108 cm³/mol. The molecule has 3 rings (SSSR count). The Bertz CT molecular complexity index is 734. The highest BCUT2D eigenvalue weighted by atomic mass is 32.1. The van der Waals surface area contributed by atoms with Crippen molar-refractivity contribution in [3.05, 3.63) is 46.3 Å². The van der Waals surface area contributed by atoms with Crippen molar-refractivity contribution in [2.75, 3.05) is 11.9 Å². The molecule has 1 aromatic carbocycles. The van der Waals surface area contributed by atoms with Gasteiger partial charge in [0.2, 0.25) is 0 Å². The van der Waals surface area contributed by atoms with Crippen LogP contribution in [0.5, 0.6) is 0 Å². The topological polar surface area (TPSA) is 37.0 Å². The number of allylic oxidation sites excluding steroid dienone is 1. The van der Waals surface area contributed by atoms with E-state index in [9.17, 15) is 0 Å². The number of thiocarbonyl (C=S) groups is 1. The van der Waals surface area contributed by atoms with Gasteiger partial charge in [-0.15, -0.1) is 11.3 Å². The highest BCUT2D eigenvalue weighted by Crippen LogP contribution is 2.24. The van der Waals surface area contributed by atoms with E-state index in [1.165, 1.54) is 25.7 Å². The summed E-state index contributed by atoms with van der Waals surface area (Å²) in [6, 6.07) is 8.22. The van der Waals surface area contributed by atoms with E-state index < -0.39 is 0 Å². The first kappa shape index (κ1) is 17.1. The summed E-state index contributed by atoms with van der Waals surface area (Å²) in [6.45, 7) is 2.92. The van der Waals surface area contributed by atoms with Crippen LogP contribution in [0.3, 0.4) is 0 Å². The predicted octanol–water partition coefficient (Wildman–Crippen LogP) is 5.30. The molecule has 1 heterocycles. The zero-order valence-corrected chi connectivity index (χ0v) is 15.6. The van der Waals surface area contributed by atoms with Crippen LogP contribution in [-0.4, -0.2) is 16.6 Å². The third-order valence-corrected chi connectivity index (χ3v) is 5.17. The molecule has 0 saturated carbocycles. The van der Waals surface area contributed by atoms with Gasteiger partial charge in [-0.3, -0.25) is 0 Å². The molecule has 0 spiro atoms. The number of benzene rings is 1. The van der Waals surface area contributed by atoms with Crippen molar-refractivity contribution in [1.82, 2.24) is 10.3 Å². The fourth-order valence-corrected chi connectivity index (χ4v) is 3.74. The summed E-state index contributed by atoms with van der Waals surface area (Å²) in [5.41, 5.74) is 4.69. The quantitative estimate of drug-likeness (QED) is 0.563. The van der Waals surface area contributed by atoms with E-state index in [2.05, 4.69) is 39.2 Å². The van der Waals surface area contributed by atoms with Crippen LogP contribution in [0.1, 0.15) is 37.1 Å². The number of aryl methyl sites for hydroxylation is 1. The van der Waals surface area contributed by atoms with E-state index >= 15 is 0 Å². The minimum atomic E-state index is 0.679. The molecule has 1 aliphatic rings. The number of anilines is 1. The van der Waals surface area contributed by atoms with Crippen LogP contribution >= 0.6 is 23.6 Å². The van der Waals surface area contributed by atoms with Gasteiger partial charge in [-0.05, 0) is 63.4 Å². The molecule has 1 aromatic heterocycles. The van der Waals surface area contributed by atoms with Gasteiger partial charge in [-0.1, -0.05) is 23.8 Å². The van der Waals surface area contributed by atoms with Gasteiger partial charge < -0.3 is 10.6 Å². The van der Waals surface area contributed by atoms with Crippen molar-refractivity contribution in [2.24, 2.45) is 0 Å². The first-order valence-corrected chi connectivity index (χ1v) is 9.75. The summed E-state index contributed by atoms with van der Waals surface area (Å²) in [7, 11) is 0. The van der Waals surface area contributed by atoms with Gasteiger partial charge in [0.15, 0.2) is 5.11 Å². The SMILES string of the molecule is Cc1nc(-c2cccc(NC(=S)NCCC3=CCCCC3)c2)cs1. The minimum absolute atomic E-state index is 0.679. The van der Waals surface area contributed by atoms with Crippen molar-refractivity contribution >= 4 is 34.4 Å². The van der Waals surface area contributed by atoms with Crippen molar-refractivity contribution < 1.29 is 0 Å². The first-order chi connectivity index (χ1) is 11.7. The Hall–Kier alpha value is -1.72. The van der Waals surface area contributed by atoms with Gasteiger partial charge in [0, 0.05) is 23.2 Å². The Morgan fingerprint density at radius 3 is 3.00 bits per heavy atom. The van der Waals surface area contributed by atoms with Crippen LogP contribution < -0.4 is 10.6 Å². The summed E-state index contributed by atoms with van der Waals surface area (Å²) >= 11 is 7.08. The van der Waals surface area contributed by atoms with Gasteiger partial charge in [0.25, 0.3) is 0 Å². The fourth-order valence-electron chi connectivity index (χ4n) is 2.90. The van der Waals surface area contributed by atoms with Crippen LogP contribution in [-0.2, 0) is 0 Å². The van der Waals surface area contributed by atoms with Gasteiger partial charge >= 0.3 is 0 Å². The number of aromatic nitrogens is 1. The molecule has 2 N–H and O–H groups in total. The summed E-state index contributed by atoms with van der Waals surface area (Å²) < 4.78 is 0. The Labute approximate surface area is 153 Å². The minimum Gasteiger partial charge on any atom is -0.362 e. The molecule has 0 fully saturated rings. The summed E-state index contributed by atoms with van der Waals surface area (Å²) in [5, 5.41) is 10.4. The summed E-state index contributed by atoms with van der Waals surface area (Å²) in [6.07, 6.45) is 8.63. The van der Waals surface area contributed by atoms with E-state index in [1.807, 2.05) is 19.1 Å². The third kappa shape index (κ3) is 4.89. The average molecular weight is 358 g/mol. The smallest absolute Gasteiger partial charge is 0.170 e. The molecule has 2 aromatic rings. The number of hydrogen-bond acceptors (Lipinski definition) is 3. The number of nitrogens with zero attached hydrogens (tertiary/aromatic N) is 1. The number of rotatable bonds is 5. The molecule has 0 bridgehead atoms. The average Bonchev–Trinajstić information content (AvgIpc) is 3.03. The molecule has 0 radical (unpaired) electrons. The van der Waals surface area contributed by atoms with Crippen LogP contribution in [0.4, 0.5) is 5.69 Å². The highest BCUT2D eigenvalue weighted by molar-refractivity contribution is 7.80.